The first-order valence-corrected chi connectivity index (χ1v) is 9.42. The van der Waals surface area contributed by atoms with E-state index in [9.17, 15) is 13.2 Å². The molecule has 1 amide bonds. The first-order chi connectivity index (χ1) is 11.4. The van der Waals surface area contributed by atoms with E-state index in [-0.39, 0.29) is 10.8 Å². The highest BCUT2D eigenvalue weighted by Gasteiger charge is 2.25. The van der Waals surface area contributed by atoms with Crippen molar-refractivity contribution in [2.45, 2.75) is 31.6 Å². The van der Waals surface area contributed by atoms with Crippen LogP contribution in [0.4, 0.5) is 11.4 Å². The fourth-order valence-corrected chi connectivity index (χ4v) is 4.16. The molecular formula is C18H20N2O3S. The minimum atomic E-state index is -3.66. The van der Waals surface area contributed by atoms with Crippen molar-refractivity contribution < 1.29 is 13.2 Å². The van der Waals surface area contributed by atoms with Gasteiger partial charge in [-0.15, -0.1) is 0 Å². The van der Waals surface area contributed by atoms with Gasteiger partial charge in [0.1, 0.15) is 0 Å². The van der Waals surface area contributed by atoms with Gasteiger partial charge in [0, 0.05) is 19.2 Å². The predicted molar refractivity (Wildman–Crippen MR) is 94.8 cm³/mol. The van der Waals surface area contributed by atoms with Crippen LogP contribution in [0.3, 0.4) is 0 Å². The van der Waals surface area contributed by atoms with Crippen LogP contribution in [0.15, 0.2) is 47.4 Å². The first kappa shape index (κ1) is 16.5. The molecule has 0 bridgehead atoms. The fraction of sp³-hybridized carbons (Fsp3) is 0.278. The number of nitrogens with one attached hydrogen (secondary N) is 1. The van der Waals surface area contributed by atoms with Crippen LogP contribution in [0, 0.1) is 0 Å². The van der Waals surface area contributed by atoms with Crippen LogP contribution >= 0.6 is 0 Å². The summed E-state index contributed by atoms with van der Waals surface area (Å²) in [4.78, 5) is 13.5. The monoisotopic (exact) mass is 344 g/mol. The molecule has 0 spiro atoms. The summed E-state index contributed by atoms with van der Waals surface area (Å²) >= 11 is 0. The third kappa shape index (κ3) is 3.01. The van der Waals surface area contributed by atoms with E-state index in [0.717, 1.165) is 23.2 Å². The number of benzene rings is 2. The Kier molecular flexibility index (Phi) is 4.32. The molecule has 0 fully saturated rings. The molecule has 1 aliphatic rings. The Labute approximate surface area is 142 Å². The van der Waals surface area contributed by atoms with Crippen LogP contribution in [0.25, 0.3) is 0 Å². The molecule has 3 rings (SSSR count). The van der Waals surface area contributed by atoms with Crippen LogP contribution in [-0.2, 0) is 27.7 Å². The Morgan fingerprint density at radius 2 is 1.96 bits per heavy atom. The van der Waals surface area contributed by atoms with Crippen molar-refractivity contribution in [3.63, 3.8) is 0 Å². The van der Waals surface area contributed by atoms with Gasteiger partial charge in [0.15, 0.2) is 0 Å². The summed E-state index contributed by atoms with van der Waals surface area (Å²) in [6, 6.07) is 12.3. The van der Waals surface area contributed by atoms with E-state index >= 15 is 0 Å². The van der Waals surface area contributed by atoms with E-state index in [1.54, 1.807) is 29.2 Å². The fourth-order valence-electron chi connectivity index (χ4n) is 3.00. The third-order valence-electron chi connectivity index (χ3n) is 4.28. The molecule has 1 aliphatic heterocycles. The van der Waals surface area contributed by atoms with Crippen LogP contribution in [0.5, 0.6) is 0 Å². The van der Waals surface area contributed by atoms with Crippen LogP contribution in [0.2, 0.25) is 0 Å². The molecule has 2 aromatic rings. The highest BCUT2D eigenvalue weighted by Crippen LogP contribution is 2.31. The Bertz CT molecular complexity index is 891. The van der Waals surface area contributed by atoms with Crippen molar-refractivity contribution in [3.05, 3.63) is 53.6 Å². The summed E-state index contributed by atoms with van der Waals surface area (Å²) in [6.45, 7) is 4.10. The SMILES string of the molecule is CCc1ccccc1NS(=O)(=O)c1ccc2c(c1)CCN2C(C)=O. The van der Waals surface area contributed by atoms with Gasteiger partial charge < -0.3 is 4.90 Å². The highest BCUT2D eigenvalue weighted by atomic mass is 32.2. The van der Waals surface area contributed by atoms with Gasteiger partial charge in [-0.2, -0.15) is 0 Å². The summed E-state index contributed by atoms with van der Waals surface area (Å²) in [5.41, 5.74) is 3.24. The number of carbonyl (C=O) groups excluding carboxylic acids is 1. The molecule has 24 heavy (non-hydrogen) atoms. The van der Waals surface area contributed by atoms with Crippen LogP contribution < -0.4 is 9.62 Å². The molecular weight excluding hydrogens is 324 g/mol. The van der Waals surface area contributed by atoms with E-state index < -0.39 is 10.0 Å². The topological polar surface area (TPSA) is 66.5 Å². The van der Waals surface area contributed by atoms with Gasteiger partial charge >= 0.3 is 0 Å². The number of aryl methyl sites for hydroxylation is 1. The zero-order valence-electron chi connectivity index (χ0n) is 13.7. The summed E-state index contributed by atoms with van der Waals surface area (Å²) in [5, 5.41) is 0. The highest BCUT2D eigenvalue weighted by molar-refractivity contribution is 7.92. The Morgan fingerprint density at radius 3 is 2.67 bits per heavy atom. The quantitative estimate of drug-likeness (QED) is 0.927. The zero-order valence-corrected chi connectivity index (χ0v) is 14.6. The van der Waals surface area contributed by atoms with Gasteiger partial charge in [0.25, 0.3) is 10.0 Å². The molecule has 0 aliphatic carbocycles. The number of sulfonamides is 1. The maximum atomic E-state index is 12.7. The average molecular weight is 344 g/mol. The van der Waals surface area contributed by atoms with E-state index in [0.29, 0.717) is 18.7 Å². The lowest BCUT2D eigenvalue weighted by Gasteiger charge is -2.15. The van der Waals surface area contributed by atoms with E-state index in [2.05, 4.69) is 4.72 Å². The first-order valence-electron chi connectivity index (χ1n) is 7.94. The molecule has 0 unspecified atom stereocenters. The third-order valence-corrected chi connectivity index (χ3v) is 5.64. The largest absolute Gasteiger partial charge is 0.312 e. The number of carbonyl (C=O) groups is 1. The molecule has 6 heteroatoms. The Balaban J connectivity index is 1.93. The van der Waals surface area contributed by atoms with Gasteiger partial charge in [-0.3, -0.25) is 9.52 Å². The molecule has 0 saturated carbocycles. The van der Waals surface area contributed by atoms with Gasteiger partial charge in [0.05, 0.1) is 10.6 Å². The van der Waals surface area contributed by atoms with Crippen molar-refractivity contribution in [1.29, 1.82) is 0 Å². The number of para-hydroxylation sites is 1. The number of nitrogens with zero attached hydrogens (tertiary/aromatic N) is 1. The van der Waals surface area contributed by atoms with Crippen molar-refractivity contribution in [2.24, 2.45) is 0 Å². The standard InChI is InChI=1S/C18H20N2O3S/c1-3-14-6-4-5-7-17(14)19-24(22,23)16-8-9-18-15(12-16)10-11-20(18)13(2)21/h4-9,12,19H,3,10-11H2,1-2H3. The zero-order chi connectivity index (χ0) is 17.3. The lowest BCUT2D eigenvalue weighted by atomic mass is 10.1. The van der Waals surface area contributed by atoms with Crippen LogP contribution in [-0.4, -0.2) is 20.9 Å². The maximum Gasteiger partial charge on any atom is 0.261 e. The summed E-state index contributed by atoms with van der Waals surface area (Å²) in [7, 11) is -3.66. The molecule has 126 valence electrons. The van der Waals surface area contributed by atoms with Gasteiger partial charge in [-0.1, -0.05) is 25.1 Å². The number of rotatable bonds is 4. The molecule has 0 radical (unpaired) electrons. The minimum absolute atomic E-state index is 0.0284. The molecule has 0 atom stereocenters. The van der Waals surface area contributed by atoms with Crippen molar-refractivity contribution in [1.82, 2.24) is 0 Å². The number of hydrogen-bond acceptors (Lipinski definition) is 3. The van der Waals surface area contributed by atoms with Crippen molar-refractivity contribution >= 4 is 27.3 Å². The summed E-state index contributed by atoms with van der Waals surface area (Å²) in [6.07, 6.45) is 1.42. The minimum Gasteiger partial charge on any atom is -0.312 e. The normalized spacial score (nSPS) is 13.7. The molecule has 1 N–H and O–H groups in total. The summed E-state index contributed by atoms with van der Waals surface area (Å²) < 4.78 is 28.1. The van der Waals surface area contributed by atoms with E-state index in [1.165, 1.54) is 6.92 Å². The molecule has 0 aromatic heterocycles. The Morgan fingerprint density at radius 1 is 1.21 bits per heavy atom. The van der Waals surface area contributed by atoms with Crippen LogP contribution in [0.1, 0.15) is 25.0 Å². The second-order valence-corrected chi connectivity index (χ2v) is 7.51. The number of hydrogen-bond donors (Lipinski definition) is 1. The lowest BCUT2D eigenvalue weighted by Crippen LogP contribution is -2.25. The Hall–Kier alpha value is -2.34. The molecule has 5 nitrogen and oxygen atoms in total. The molecule has 0 saturated heterocycles. The second kappa shape index (κ2) is 6.28. The summed E-state index contributed by atoms with van der Waals surface area (Å²) in [5.74, 6) is -0.0284. The number of fused-ring (bicyclic) bond motifs is 1. The van der Waals surface area contributed by atoms with Gasteiger partial charge in [0.2, 0.25) is 5.91 Å². The lowest BCUT2D eigenvalue weighted by molar-refractivity contribution is -0.116. The molecule has 1 heterocycles. The van der Waals surface area contributed by atoms with E-state index in [1.807, 2.05) is 25.1 Å². The second-order valence-electron chi connectivity index (χ2n) is 5.83. The smallest absolute Gasteiger partial charge is 0.261 e. The van der Waals surface area contributed by atoms with Crippen molar-refractivity contribution in [3.8, 4) is 0 Å². The van der Waals surface area contributed by atoms with Gasteiger partial charge in [-0.05, 0) is 48.2 Å². The van der Waals surface area contributed by atoms with Gasteiger partial charge in [-0.25, -0.2) is 8.42 Å². The molecule has 2 aromatic carbocycles. The van der Waals surface area contributed by atoms with Crippen molar-refractivity contribution in [2.75, 3.05) is 16.2 Å². The maximum absolute atomic E-state index is 12.7. The number of amides is 1. The predicted octanol–water partition coefficient (Wildman–Crippen LogP) is 2.96. The van der Waals surface area contributed by atoms with E-state index in [4.69, 9.17) is 0 Å². The average Bonchev–Trinajstić information content (AvgIpc) is 2.98. The number of anilines is 2.